The van der Waals surface area contributed by atoms with Gasteiger partial charge in [-0.05, 0) is 31.5 Å². The fourth-order valence-electron chi connectivity index (χ4n) is 2.58. The van der Waals surface area contributed by atoms with Crippen LogP contribution in [0.5, 0.6) is 5.75 Å². The van der Waals surface area contributed by atoms with Gasteiger partial charge in [0.05, 0.1) is 19.0 Å². The molecule has 1 unspecified atom stereocenters. The molecule has 0 saturated carbocycles. The summed E-state index contributed by atoms with van der Waals surface area (Å²) in [6.07, 6.45) is 1.45. The number of carboxylic acid groups (broad SMARTS) is 1. The number of halogens is 2. The number of carbonyl (C=O) groups excluding carboxylic acids is 1. The van der Waals surface area contributed by atoms with Gasteiger partial charge in [0.15, 0.2) is 0 Å². The predicted molar refractivity (Wildman–Crippen MR) is 89.0 cm³/mol. The Morgan fingerprint density at radius 2 is 2.21 bits per heavy atom. The summed E-state index contributed by atoms with van der Waals surface area (Å²) in [5, 5.41) is 11.7. The highest BCUT2D eigenvalue weighted by Crippen LogP contribution is 2.16. The third-order valence-corrected chi connectivity index (χ3v) is 3.71. The molecule has 6 nitrogen and oxygen atoms in total. The monoisotopic (exact) mass is 360 g/mol. The van der Waals surface area contributed by atoms with Crippen LogP contribution < -0.4 is 10.1 Å². The van der Waals surface area contributed by atoms with Crippen molar-refractivity contribution in [2.45, 2.75) is 12.8 Å². The lowest BCUT2D eigenvalue weighted by Crippen LogP contribution is -2.44. The average molecular weight is 361 g/mol. The number of carbonyl (C=O) groups is 2. The first kappa shape index (κ1) is 20.2. The number of carboxylic acids is 1. The summed E-state index contributed by atoms with van der Waals surface area (Å²) in [4.78, 5) is 24.7. The van der Waals surface area contributed by atoms with E-state index in [0.29, 0.717) is 25.3 Å². The minimum Gasteiger partial charge on any atom is -0.492 e. The summed E-state index contributed by atoms with van der Waals surface area (Å²) in [6.45, 7) is 1.88. The highest BCUT2D eigenvalue weighted by atomic mass is 35.5. The molecule has 0 aromatic heterocycles. The summed E-state index contributed by atoms with van der Waals surface area (Å²) in [6, 6.07) is 5.81. The van der Waals surface area contributed by atoms with E-state index < -0.39 is 11.9 Å². The van der Waals surface area contributed by atoms with Crippen LogP contribution in [0.25, 0.3) is 0 Å². The van der Waals surface area contributed by atoms with Crippen molar-refractivity contribution >= 4 is 24.3 Å². The van der Waals surface area contributed by atoms with Gasteiger partial charge in [-0.15, -0.1) is 12.4 Å². The zero-order valence-corrected chi connectivity index (χ0v) is 14.1. The molecule has 2 N–H and O–H groups in total. The van der Waals surface area contributed by atoms with Crippen LogP contribution in [0.1, 0.15) is 12.8 Å². The molecule has 1 aliphatic heterocycles. The van der Waals surface area contributed by atoms with Gasteiger partial charge in [-0.1, -0.05) is 6.07 Å². The average Bonchev–Trinajstić information content (AvgIpc) is 2.52. The Labute approximate surface area is 146 Å². The first-order chi connectivity index (χ1) is 11.0. The summed E-state index contributed by atoms with van der Waals surface area (Å²) < 4.78 is 18.3. The molecule has 1 amide bonds. The van der Waals surface area contributed by atoms with E-state index in [9.17, 15) is 14.0 Å². The Bertz CT molecular complexity index is 559. The first-order valence-electron chi connectivity index (χ1n) is 7.65. The molecule has 1 fully saturated rings. The molecular formula is C16H22ClFN2O4. The second-order valence-electron chi connectivity index (χ2n) is 5.57. The Morgan fingerprint density at radius 1 is 1.42 bits per heavy atom. The number of likely N-dealkylation sites (tertiary alicyclic amines) is 1. The molecule has 1 saturated heterocycles. The van der Waals surface area contributed by atoms with Crippen molar-refractivity contribution in [1.82, 2.24) is 10.2 Å². The third kappa shape index (κ3) is 6.72. The van der Waals surface area contributed by atoms with Crippen molar-refractivity contribution < 1.29 is 23.8 Å². The lowest BCUT2D eigenvalue weighted by atomic mass is 9.98. The highest BCUT2D eigenvalue weighted by Gasteiger charge is 2.26. The molecule has 0 bridgehead atoms. The summed E-state index contributed by atoms with van der Waals surface area (Å²) in [5.41, 5.74) is 0. The van der Waals surface area contributed by atoms with Gasteiger partial charge in [0.2, 0.25) is 5.91 Å². The van der Waals surface area contributed by atoms with Gasteiger partial charge in [-0.2, -0.15) is 0 Å². The minimum atomic E-state index is -0.807. The number of hydrogen-bond donors (Lipinski definition) is 2. The van der Waals surface area contributed by atoms with Crippen LogP contribution in [0.4, 0.5) is 4.39 Å². The SMILES string of the molecule is Cl.O=C(CN1CCCC(C(=O)O)C1)NCCOc1cccc(F)c1. The van der Waals surface area contributed by atoms with Gasteiger partial charge < -0.3 is 15.2 Å². The Morgan fingerprint density at radius 3 is 2.92 bits per heavy atom. The van der Waals surface area contributed by atoms with Gasteiger partial charge >= 0.3 is 5.97 Å². The zero-order valence-electron chi connectivity index (χ0n) is 13.2. The van der Waals surface area contributed by atoms with E-state index in [-0.39, 0.29) is 37.3 Å². The first-order valence-corrected chi connectivity index (χ1v) is 7.65. The molecule has 0 radical (unpaired) electrons. The van der Waals surface area contributed by atoms with Gasteiger partial charge in [0.25, 0.3) is 0 Å². The number of amides is 1. The molecule has 0 spiro atoms. The van der Waals surface area contributed by atoms with Crippen molar-refractivity contribution in [3.63, 3.8) is 0 Å². The fourth-order valence-corrected chi connectivity index (χ4v) is 2.58. The number of ether oxygens (including phenoxy) is 1. The van der Waals surface area contributed by atoms with Gasteiger partial charge in [0.1, 0.15) is 18.2 Å². The molecule has 1 heterocycles. The summed E-state index contributed by atoms with van der Waals surface area (Å²) >= 11 is 0. The van der Waals surface area contributed by atoms with E-state index in [2.05, 4.69) is 5.32 Å². The topological polar surface area (TPSA) is 78.9 Å². The maximum atomic E-state index is 13.0. The number of rotatable bonds is 7. The van der Waals surface area contributed by atoms with Crippen LogP contribution in [0.3, 0.4) is 0 Å². The Hall–Kier alpha value is -1.86. The molecule has 24 heavy (non-hydrogen) atoms. The van der Waals surface area contributed by atoms with Crippen LogP contribution in [0.2, 0.25) is 0 Å². The smallest absolute Gasteiger partial charge is 0.307 e. The maximum Gasteiger partial charge on any atom is 0.307 e. The number of aliphatic carboxylic acids is 1. The van der Waals surface area contributed by atoms with E-state index in [1.54, 1.807) is 12.1 Å². The van der Waals surface area contributed by atoms with E-state index in [1.165, 1.54) is 12.1 Å². The molecule has 1 atom stereocenters. The Balaban J connectivity index is 0.00000288. The zero-order chi connectivity index (χ0) is 16.7. The van der Waals surface area contributed by atoms with Crippen molar-refractivity contribution in [2.24, 2.45) is 5.92 Å². The summed E-state index contributed by atoms with van der Waals surface area (Å²) in [5.74, 6) is -1.32. The van der Waals surface area contributed by atoms with Crippen LogP contribution in [-0.4, -0.2) is 54.7 Å². The molecule has 0 aliphatic carbocycles. The summed E-state index contributed by atoms with van der Waals surface area (Å²) in [7, 11) is 0. The lowest BCUT2D eigenvalue weighted by Gasteiger charge is -2.29. The third-order valence-electron chi connectivity index (χ3n) is 3.71. The van der Waals surface area contributed by atoms with Crippen LogP contribution in [0.15, 0.2) is 24.3 Å². The number of hydrogen-bond acceptors (Lipinski definition) is 4. The van der Waals surface area contributed by atoms with Crippen molar-refractivity contribution in [3.8, 4) is 5.75 Å². The lowest BCUT2D eigenvalue weighted by molar-refractivity contribution is -0.144. The van der Waals surface area contributed by atoms with Crippen molar-refractivity contribution in [2.75, 3.05) is 32.8 Å². The number of benzene rings is 1. The van der Waals surface area contributed by atoms with E-state index >= 15 is 0 Å². The van der Waals surface area contributed by atoms with Crippen LogP contribution >= 0.6 is 12.4 Å². The number of piperidine rings is 1. The van der Waals surface area contributed by atoms with Crippen molar-refractivity contribution in [3.05, 3.63) is 30.1 Å². The molecule has 1 aliphatic rings. The van der Waals surface area contributed by atoms with Crippen LogP contribution in [-0.2, 0) is 9.59 Å². The molecule has 2 rings (SSSR count). The standard InChI is InChI=1S/C16H21FN2O4.ClH/c17-13-4-1-5-14(9-13)23-8-6-18-15(20)11-19-7-2-3-12(10-19)16(21)22;/h1,4-5,9,12H,2-3,6-8,10-11H2,(H,18,20)(H,21,22);1H. The number of nitrogens with one attached hydrogen (secondary N) is 1. The van der Waals surface area contributed by atoms with E-state index in [1.807, 2.05) is 4.90 Å². The van der Waals surface area contributed by atoms with E-state index in [0.717, 1.165) is 13.0 Å². The maximum absolute atomic E-state index is 13.0. The highest BCUT2D eigenvalue weighted by molar-refractivity contribution is 5.85. The molecule has 1 aromatic carbocycles. The molecule has 8 heteroatoms. The van der Waals surface area contributed by atoms with Crippen LogP contribution in [0, 0.1) is 11.7 Å². The van der Waals surface area contributed by atoms with Gasteiger partial charge in [0, 0.05) is 12.6 Å². The largest absolute Gasteiger partial charge is 0.492 e. The Kier molecular flexibility index (Phi) is 8.49. The second-order valence-corrected chi connectivity index (χ2v) is 5.57. The quantitative estimate of drug-likeness (QED) is 0.721. The normalized spacial score (nSPS) is 17.6. The molecular weight excluding hydrogens is 339 g/mol. The van der Waals surface area contributed by atoms with Crippen molar-refractivity contribution in [1.29, 1.82) is 0 Å². The predicted octanol–water partition coefficient (Wildman–Crippen LogP) is 1.54. The van der Waals surface area contributed by atoms with Gasteiger partial charge in [-0.25, -0.2) is 4.39 Å². The number of nitrogens with zero attached hydrogens (tertiary/aromatic N) is 1. The van der Waals surface area contributed by atoms with Gasteiger partial charge in [-0.3, -0.25) is 14.5 Å². The second kappa shape index (κ2) is 10.1. The van der Waals surface area contributed by atoms with E-state index in [4.69, 9.17) is 9.84 Å². The minimum absolute atomic E-state index is 0. The fraction of sp³-hybridized carbons (Fsp3) is 0.500. The molecule has 1 aromatic rings. The molecule has 134 valence electrons.